The number of hydrogen-bond acceptors (Lipinski definition) is 5. The molecular formula is C30H32N6. The van der Waals surface area contributed by atoms with Crippen molar-refractivity contribution in [2.45, 2.75) is 33.1 Å². The molecule has 4 heterocycles. The molecule has 1 saturated heterocycles. The zero-order valence-electron chi connectivity index (χ0n) is 21.0. The Morgan fingerprint density at radius 1 is 0.944 bits per heavy atom. The van der Waals surface area contributed by atoms with Crippen LogP contribution in [0.15, 0.2) is 66.9 Å². The Labute approximate surface area is 211 Å². The molecule has 6 heteroatoms. The van der Waals surface area contributed by atoms with Crippen molar-refractivity contribution in [3.63, 3.8) is 0 Å². The summed E-state index contributed by atoms with van der Waals surface area (Å²) in [6.07, 6.45) is 5.08. The van der Waals surface area contributed by atoms with E-state index in [-0.39, 0.29) is 0 Å². The molecule has 6 nitrogen and oxygen atoms in total. The summed E-state index contributed by atoms with van der Waals surface area (Å²) in [6, 6.07) is 20.7. The van der Waals surface area contributed by atoms with Gasteiger partial charge in [-0.3, -0.25) is 0 Å². The molecule has 1 fully saturated rings. The number of likely N-dealkylation sites (tertiary alicyclic amines) is 1. The van der Waals surface area contributed by atoms with Crippen LogP contribution in [0.3, 0.4) is 0 Å². The van der Waals surface area contributed by atoms with E-state index in [2.05, 4.69) is 60.2 Å². The van der Waals surface area contributed by atoms with Gasteiger partial charge in [0.05, 0.1) is 23.1 Å². The molecule has 0 amide bonds. The molecule has 1 aliphatic rings. The first-order valence-electron chi connectivity index (χ1n) is 12.9. The summed E-state index contributed by atoms with van der Waals surface area (Å²) in [7, 11) is 0. The average molecular weight is 477 g/mol. The predicted molar refractivity (Wildman–Crippen MR) is 147 cm³/mol. The van der Waals surface area contributed by atoms with Gasteiger partial charge in [-0.1, -0.05) is 55.5 Å². The van der Waals surface area contributed by atoms with Crippen LogP contribution in [-0.4, -0.2) is 44.1 Å². The van der Waals surface area contributed by atoms with Crippen molar-refractivity contribution in [2.75, 3.05) is 25.4 Å². The molecule has 0 radical (unpaired) electrons. The van der Waals surface area contributed by atoms with Crippen LogP contribution >= 0.6 is 0 Å². The number of imidazole rings is 1. The Balaban J connectivity index is 1.44. The second-order valence-corrected chi connectivity index (χ2v) is 9.88. The number of hydrogen-bond donors (Lipinski definition) is 1. The molecule has 0 bridgehead atoms. The minimum atomic E-state index is 0.613. The molecule has 0 spiro atoms. The number of aryl methyl sites for hydroxylation is 1. The first-order chi connectivity index (χ1) is 17.6. The van der Waals surface area contributed by atoms with Gasteiger partial charge < -0.3 is 10.6 Å². The molecule has 5 aromatic rings. The summed E-state index contributed by atoms with van der Waals surface area (Å²) < 4.78 is 1.97. The van der Waals surface area contributed by atoms with E-state index in [0.29, 0.717) is 11.6 Å². The van der Waals surface area contributed by atoms with E-state index in [4.69, 9.17) is 15.7 Å². The first kappa shape index (κ1) is 22.7. The molecular weight excluding hydrogens is 444 g/mol. The SMILES string of the molecule is CCN1CCC(Cc2nc(-c3ccc4ccc(-c5ccccc5)nc4c3C)c3c(N)ccnn23)CC1. The van der Waals surface area contributed by atoms with E-state index in [1.54, 1.807) is 6.20 Å². The van der Waals surface area contributed by atoms with E-state index in [1.807, 2.05) is 28.8 Å². The zero-order chi connectivity index (χ0) is 24.6. The van der Waals surface area contributed by atoms with Crippen LogP contribution in [0, 0.1) is 12.8 Å². The van der Waals surface area contributed by atoms with Crippen molar-refractivity contribution in [2.24, 2.45) is 5.92 Å². The molecule has 3 aromatic heterocycles. The van der Waals surface area contributed by atoms with E-state index < -0.39 is 0 Å². The lowest BCUT2D eigenvalue weighted by molar-refractivity contribution is 0.190. The van der Waals surface area contributed by atoms with E-state index in [9.17, 15) is 0 Å². The molecule has 0 saturated carbocycles. The maximum atomic E-state index is 6.52. The largest absolute Gasteiger partial charge is 0.397 e. The van der Waals surface area contributed by atoms with Gasteiger partial charge in [0.2, 0.25) is 0 Å². The summed E-state index contributed by atoms with van der Waals surface area (Å²) in [6.45, 7) is 7.82. The Morgan fingerprint density at radius 3 is 2.50 bits per heavy atom. The third-order valence-electron chi connectivity index (χ3n) is 7.70. The minimum absolute atomic E-state index is 0.613. The first-order valence-corrected chi connectivity index (χ1v) is 12.9. The van der Waals surface area contributed by atoms with Crippen molar-refractivity contribution in [1.29, 1.82) is 0 Å². The van der Waals surface area contributed by atoms with Gasteiger partial charge in [0, 0.05) is 22.9 Å². The monoisotopic (exact) mass is 476 g/mol. The Kier molecular flexibility index (Phi) is 5.89. The molecule has 1 aliphatic heterocycles. The van der Waals surface area contributed by atoms with Crippen LogP contribution < -0.4 is 5.73 Å². The molecule has 0 unspecified atom stereocenters. The van der Waals surface area contributed by atoms with Gasteiger partial charge in [-0.05, 0) is 63.0 Å². The van der Waals surface area contributed by atoms with Gasteiger partial charge >= 0.3 is 0 Å². The maximum absolute atomic E-state index is 6.52. The van der Waals surface area contributed by atoms with E-state index >= 15 is 0 Å². The van der Waals surface area contributed by atoms with Gasteiger partial charge in [-0.2, -0.15) is 5.10 Å². The number of benzene rings is 2. The fourth-order valence-corrected chi connectivity index (χ4v) is 5.54. The maximum Gasteiger partial charge on any atom is 0.131 e. The summed E-state index contributed by atoms with van der Waals surface area (Å²) in [5.41, 5.74) is 14.2. The highest BCUT2D eigenvalue weighted by molar-refractivity contribution is 5.94. The van der Waals surface area contributed by atoms with Crippen molar-refractivity contribution >= 4 is 22.1 Å². The van der Waals surface area contributed by atoms with Gasteiger partial charge in [0.25, 0.3) is 0 Å². The minimum Gasteiger partial charge on any atom is -0.397 e. The molecule has 0 aliphatic carbocycles. The number of nitrogens with zero attached hydrogens (tertiary/aromatic N) is 5. The highest BCUT2D eigenvalue weighted by Gasteiger charge is 2.24. The van der Waals surface area contributed by atoms with Crippen LogP contribution in [0.5, 0.6) is 0 Å². The van der Waals surface area contributed by atoms with Gasteiger partial charge in [0.1, 0.15) is 17.0 Å². The third-order valence-corrected chi connectivity index (χ3v) is 7.70. The summed E-state index contributed by atoms with van der Waals surface area (Å²) in [5, 5.41) is 5.80. The fraction of sp³-hybridized carbons (Fsp3) is 0.300. The quantitative estimate of drug-likeness (QED) is 0.348. The Hall–Kier alpha value is -3.77. The standard InChI is InChI=1S/C30H32N6/c1-3-35-17-14-21(15-18-35)19-27-34-29(30-25(31)13-16-32-36(27)30)24-11-9-23-10-12-26(33-28(23)20(24)2)22-7-5-4-6-8-22/h4-13,16,21H,3,14-15,17-19,31H2,1-2H3. The number of anilines is 1. The Morgan fingerprint density at radius 2 is 1.72 bits per heavy atom. The highest BCUT2D eigenvalue weighted by atomic mass is 15.3. The van der Waals surface area contributed by atoms with Gasteiger partial charge in [-0.15, -0.1) is 0 Å². The lowest BCUT2D eigenvalue weighted by Crippen LogP contribution is -2.34. The number of piperidine rings is 1. The summed E-state index contributed by atoms with van der Waals surface area (Å²) in [5.74, 6) is 1.61. The van der Waals surface area contributed by atoms with Gasteiger partial charge in [0.15, 0.2) is 0 Å². The van der Waals surface area contributed by atoms with E-state index in [1.165, 1.54) is 12.8 Å². The fourth-order valence-electron chi connectivity index (χ4n) is 5.54. The normalized spacial score (nSPS) is 15.2. The van der Waals surface area contributed by atoms with Crippen molar-refractivity contribution in [1.82, 2.24) is 24.5 Å². The second-order valence-electron chi connectivity index (χ2n) is 9.88. The molecule has 0 atom stereocenters. The third kappa shape index (κ3) is 4.01. The lowest BCUT2D eigenvalue weighted by Gasteiger charge is -2.30. The molecule has 2 aromatic carbocycles. The number of nitrogen functional groups attached to an aromatic ring is 1. The van der Waals surface area contributed by atoms with Crippen molar-refractivity contribution in [3.8, 4) is 22.5 Å². The molecule has 36 heavy (non-hydrogen) atoms. The number of pyridine rings is 1. The molecule has 2 N–H and O–H groups in total. The number of rotatable bonds is 5. The van der Waals surface area contributed by atoms with Crippen LogP contribution in [0.1, 0.15) is 31.2 Å². The second kappa shape index (κ2) is 9.36. The van der Waals surface area contributed by atoms with Crippen LogP contribution in [0.4, 0.5) is 5.69 Å². The zero-order valence-corrected chi connectivity index (χ0v) is 21.0. The predicted octanol–water partition coefficient (Wildman–Crippen LogP) is 5.78. The van der Waals surface area contributed by atoms with Crippen molar-refractivity contribution in [3.05, 3.63) is 78.2 Å². The number of nitrogens with two attached hydrogens (primary N) is 1. The summed E-state index contributed by atoms with van der Waals surface area (Å²) >= 11 is 0. The average Bonchev–Trinajstić information content (AvgIpc) is 3.29. The topological polar surface area (TPSA) is 72.3 Å². The number of fused-ring (bicyclic) bond motifs is 2. The van der Waals surface area contributed by atoms with Crippen LogP contribution in [-0.2, 0) is 6.42 Å². The number of aromatic nitrogens is 4. The van der Waals surface area contributed by atoms with Crippen LogP contribution in [0.25, 0.3) is 38.9 Å². The van der Waals surface area contributed by atoms with E-state index in [0.717, 1.165) is 76.4 Å². The lowest BCUT2D eigenvalue weighted by atomic mass is 9.93. The summed E-state index contributed by atoms with van der Waals surface area (Å²) in [4.78, 5) is 12.8. The van der Waals surface area contributed by atoms with Gasteiger partial charge in [-0.25, -0.2) is 14.5 Å². The molecule has 182 valence electrons. The van der Waals surface area contributed by atoms with Crippen molar-refractivity contribution < 1.29 is 0 Å². The van der Waals surface area contributed by atoms with Crippen LogP contribution in [0.2, 0.25) is 0 Å². The smallest absolute Gasteiger partial charge is 0.131 e. The Bertz CT molecular complexity index is 1530. The highest BCUT2D eigenvalue weighted by Crippen LogP contribution is 2.35. The molecule has 6 rings (SSSR count).